The highest BCUT2D eigenvalue weighted by atomic mass is 16.5. The van der Waals surface area contributed by atoms with Crippen LogP contribution < -0.4 is 5.32 Å². The van der Waals surface area contributed by atoms with E-state index in [1.54, 1.807) is 0 Å². The lowest BCUT2D eigenvalue weighted by Crippen LogP contribution is -2.50. The van der Waals surface area contributed by atoms with E-state index in [4.69, 9.17) is 4.74 Å². The highest BCUT2D eigenvalue weighted by Gasteiger charge is 2.27. The summed E-state index contributed by atoms with van der Waals surface area (Å²) in [6.45, 7) is 7.78. The smallest absolute Gasteiger partial charge is 0.317 e. The molecule has 2 saturated heterocycles. The maximum Gasteiger partial charge on any atom is 0.317 e. The Morgan fingerprint density at radius 2 is 2.00 bits per heavy atom. The van der Waals surface area contributed by atoms with E-state index in [2.05, 4.69) is 31.7 Å². The number of piperidine rings is 1. The summed E-state index contributed by atoms with van der Waals surface area (Å²) < 4.78 is 7.45. The Labute approximate surface area is 159 Å². The summed E-state index contributed by atoms with van der Waals surface area (Å²) in [6, 6.07) is 6.31. The monoisotopic (exact) mass is 372 g/mol. The zero-order valence-electron chi connectivity index (χ0n) is 15.9. The van der Waals surface area contributed by atoms with E-state index in [0.717, 1.165) is 63.7 Å². The molecule has 0 bridgehead atoms. The number of hydrogen-bond donors (Lipinski definition) is 1. The molecule has 1 N–H and O–H groups in total. The molecular weight excluding hydrogens is 344 g/mol. The fourth-order valence-corrected chi connectivity index (χ4v) is 3.97. The topological polar surface area (TPSA) is 75.0 Å². The number of fused-ring (bicyclic) bond motifs is 1. The van der Waals surface area contributed by atoms with Crippen molar-refractivity contribution in [3.63, 3.8) is 0 Å². The lowest BCUT2D eigenvalue weighted by molar-refractivity contribution is 0.0206. The van der Waals surface area contributed by atoms with Crippen molar-refractivity contribution in [1.82, 2.24) is 29.7 Å². The molecule has 8 nitrogen and oxygen atoms in total. The molecule has 1 atom stereocenters. The third kappa shape index (κ3) is 4.06. The molecule has 0 spiro atoms. The first kappa shape index (κ1) is 18.2. The molecule has 2 aliphatic rings. The molecule has 2 amide bonds. The third-order valence-corrected chi connectivity index (χ3v) is 5.71. The first-order chi connectivity index (χ1) is 13.2. The maximum absolute atomic E-state index is 12.5. The average Bonchev–Trinajstić information content (AvgIpc) is 3.16. The van der Waals surface area contributed by atoms with Crippen LogP contribution in [0, 0.1) is 0 Å². The van der Waals surface area contributed by atoms with Crippen molar-refractivity contribution in [2.75, 3.05) is 45.9 Å². The van der Waals surface area contributed by atoms with E-state index in [1.165, 1.54) is 0 Å². The highest BCUT2D eigenvalue weighted by molar-refractivity contribution is 5.74. The summed E-state index contributed by atoms with van der Waals surface area (Å²) in [5.41, 5.74) is 0.879. The number of pyridine rings is 1. The van der Waals surface area contributed by atoms with Crippen LogP contribution in [-0.4, -0.2) is 82.4 Å². The van der Waals surface area contributed by atoms with Crippen molar-refractivity contribution in [1.29, 1.82) is 0 Å². The van der Waals surface area contributed by atoms with E-state index >= 15 is 0 Å². The number of rotatable bonds is 4. The zero-order chi connectivity index (χ0) is 18.6. The number of nitrogens with one attached hydrogen (secondary N) is 1. The number of hydrogen-bond acceptors (Lipinski definition) is 5. The number of aromatic nitrogens is 3. The van der Waals surface area contributed by atoms with Gasteiger partial charge in [-0.25, -0.2) is 4.79 Å². The summed E-state index contributed by atoms with van der Waals surface area (Å²) in [4.78, 5) is 16.8. The second-order valence-corrected chi connectivity index (χ2v) is 7.43. The Bertz CT molecular complexity index is 764. The maximum atomic E-state index is 12.5. The van der Waals surface area contributed by atoms with Crippen LogP contribution in [0.25, 0.3) is 5.65 Å². The number of ether oxygens (including phenoxy) is 1. The number of morpholine rings is 1. The Morgan fingerprint density at radius 3 is 2.78 bits per heavy atom. The Kier molecular flexibility index (Phi) is 5.54. The summed E-state index contributed by atoms with van der Waals surface area (Å²) in [5, 5.41) is 11.7. The summed E-state index contributed by atoms with van der Waals surface area (Å²) >= 11 is 0. The van der Waals surface area contributed by atoms with Crippen LogP contribution in [0.2, 0.25) is 0 Å². The number of carbonyl (C=O) groups is 1. The average molecular weight is 372 g/mol. The van der Waals surface area contributed by atoms with Crippen molar-refractivity contribution in [2.45, 2.75) is 31.7 Å². The first-order valence-corrected chi connectivity index (χ1v) is 9.86. The van der Waals surface area contributed by atoms with Crippen LogP contribution >= 0.6 is 0 Å². The first-order valence-electron chi connectivity index (χ1n) is 9.86. The molecule has 8 heteroatoms. The molecule has 27 heavy (non-hydrogen) atoms. The number of carbonyl (C=O) groups excluding carboxylic acids is 1. The van der Waals surface area contributed by atoms with Gasteiger partial charge in [0.2, 0.25) is 0 Å². The largest absolute Gasteiger partial charge is 0.379 e. The molecule has 0 aromatic carbocycles. The highest BCUT2D eigenvalue weighted by Crippen LogP contribution is 2.27. The van der Waals surface area contributed by atoms with Gasteiger partial charge in [-0.1, -0.05) is 6.07 Å². The lowest BCUT2D eigenvalue weighted by Gasteiger charge is -2.34. The van der Waals surface area contributed by atoms with E-state index in [1.807, 2.05) is 29.3 Å². The van der Waals surface area contributed by atoms with Crippen molar-refractivity contribution in [3.8, 4) is 0 Å². The van der Waals surface area contributed by atoms with Crippen molar-refractivity contribution in [3.05, 3.63) is 30.2 Å². The summed E-state index contributed by atoms with van der Waals surface area (Å²) in [6.07, 6.45) is 3.85. The van der Waals surface area contributed by atoms with Gasteiger partial charge in [-0.3, -0.25) is 9.30 Å². The van der Waals surface area contributed by atoms with Gasteiger partial charge in [-0.2, -0.15) is 0 Å². The molecule has 0 aliphatic carbocycles. The minimum atomic E-state index is 0.0414. The number of nitrogens with zero attached hydrogens (tertiary/aromatic N) is 5. The molecule has 2 aromatic rings. The van der Waals surface area contributed by atoms with Crippen LogP contribution in [0.15, 0.2) is 24.4 Å². The van der Waals surface area contributed by atoms with Crippen LogP contribution in [0.1, 0.15) is 31.5 Å². The minimum absolute atomic E-state index is 0.0414. The molecule has 2 aliphatic heterocycles. The van der Waals surface area contributed by atoms with Crippen LogP contribution in [-0.2, 0) is 4.74 Å². The molecule has 4 heterocycles. The standard InChI is InChI=1S/C19H28N6O2/c1-15(23-10-12-27-13-11-23)14-20-19(26)24-8-5-16(6-9-24)18-22-21-17-4-2-3-7-25(17)18/h2-4,7,15-16H,5-6,8-14H2,1H3,(H,20,26). The van der Waals surface area contributed by atoms with Gasteiger partial charge in [0.25, 0.3) is 0 Å². The molecule has 146 valence electrons. The normalized spacial score (nSPS) is 20.7. The number of amides is 2. The predicted octanol–water partition coefficient (Wildman–Crippen LogP) is 1.34. The SMILES string of the molecule is CC(CNC(=O)N1CCC(c2nnc3ccccn23)CC1)N1CCOCC1. The van der Waals surface area contributed by atoms with Crippen LogP contribution in [0.4, 0.5) is 4.79 Å². The third-order valence-electron chi connectivity index (χ3n) is 5.71. The predicted molar refractivity (Wildman–Crippen MR) is 102 cm³/mol. The molecule has 2 aromatic heterocycles. The van der Waals surface area contributed by atoms with Gasteiger partial charge in [0, 0.05) is 50.9 Å². The van der Waals surface area contributed by atoms with E-state index in [-0.39, 0.29) is 6.03 Å². The Balaban J connectivity index is 1.26. The van der Waals surface area contributed by atoms with Crippen molar-refractivity contribution in [2.24, 2.45) is 0 Å². The van der Waals surface area contributed by atoms with Gasteiger partial charge in [0.15, 0.2) is 5.65 Å². The molecule has 0 radical (unpaired) electrons. The molecular formula is C19H28N6O2. The Morgan fingerprint density at radius 1 is 1.22 bits per heavy atom. The second-order valence-electron chi connectivity index (χ2n) is 7.43. The molecule has 1 unspecified atom stereocenters. The molecule has 0 saturated carbocycles. The van der Waals surface area contributed by atoms with Crippen molar-refractivity contribution < 1.29 is 9.53 Å². The minimum Gasteiger partial charge on any atom is -0.379 e. The fourth-order valence-electron chi connectivity index (χ4n) is 3.97. The number of likely N-dealkylation sites (tertiary alicyclic amines) is 1. The fraction of sp³-hybridized carbons (Fsp3) is 0.632. The zero-order valence-corrected chi connectivity index (χ0v) is 15.9. The Hall–Kier alpha value is -2.19. The lowest BCUT2D eigenvalue weighted by atomic mass is 9.96. The summed E-state index contributed by atoms with van der Waals surface area (Å²) in [7, 11) is 0. The van der Waals surface area contributed by atoms with Gasteiger partial charge in [-0.05, 0) is 31.9 Å². The van der Waals surface area contributed by atoms with Crippen LogP contribution in [0.5, 0.6) is 0 Å². The molecule has 2 fully saturated rings. The van der Waals surface area contributed by atoms with E-state index in [9.17, 15) is 4.79 Å². The van der Waals surface area contributed by atoms with Crippen LogP contribution in [0.3, 0.4) is 0 Å². The van der Waals surface area contributed by atoms with E-state index < -0.39 is 0 Å². The second kappa shape index (κ2) is 8.22. The van der Waals surface area contributed by atoms with Gasteiger partial charge in [0.1, 0.15) is 5.82 Å². The van der Waals surface area contributed by atoms with Gasteiger partial charge in [0.05, 0.1) is 13.2 Å². The quantitative estimate of drug-likeness (QED) is 0.877. The van der Waals surface area contributed by atoms with Gasteiger partial charge < -0.3 is 15.0 Å². The number of urea groups is 1. The van der Waals surface area contributed by atoms with Crippen molar-refractivity contribution >= 4 is 11.7 Å². The van der Waals surface area contributed by atoms with Gasteiger partial charge in [-0.15, -0.1) is 10.2 Å². The van der Waals surface area contributed by atoms with Gasteiger partial charge >= 0.3 is 6.03 Å². The molecule has 4 rings (SSSR count). The summed E-state index contributed by atoms with van der Waals surface area (Å²) in [5.74, 6) is 1.35. The van der Waals surface area contributed by atoms with E-state index in [0.29, 0.717) is 18.5 Å².